The Bertz CT molecular complexity index is 222. The third-order valence-corrected chi connectivity index (χ3v) is 3.31. The molecule has 0 saturated carbocycles. The first-order chi connectivity index (χ1) is 6.26. The van der Waals surface area contributed by atoms with E-state index < -0.39 is 5.54 Å². The fourth-order valence-electron chi connectivity index (χ4n) is 1.93. The molecule has 0 amide bonds. The first-order valence-electron chi connectivity index (χ1n) is 5.31. The van der Waals surface area contributed by atoms with E-state index in [1.54, 1.807) is 6.92 Å². The molecule has 2 N–H and O–H groups in total. The van der Waals surface area contributed by atoms with E-state index in [1.807, 2.05) is 0 Å². The zero-order valence-electron chi connectivity index (χ0n) is 9.76. The first-order valence-corrected chi connectivity index (χ1v) is 5.31. The fourth-order valence-corrected chi connectivity index (χ4v) is 1.93. The minimum absolute atomic E-state index is 0.131. The van der Waals surface area contributed by atoms with Gasteiger partial charge in [-0.2, -0.15) is 0 Å². The molecule has 1 aliphatic heterocycles. The van der Waals surface area contributed by atoms with E-state index in [2.05, 4.69) is 25.7 Å². The highest BCUT2D eigenvalue weighted by atomic mass is 16.1. The molecule has 0 radical (unpaired) electrons. The van der Waals surface area contributed by atoms with Crippen LogP contribution in [0.4, 0.5) is 0 Å². The highest BCUT2D eigenvalue weighted by molar-refractivity contribution is 5.85. The second-order valence-corrected chi connectivity index (χ2v) is 5.37. The van der Waals surface area contributed by atoms with Gasteiger partial charge in [-0.15, -0.1) is 0 Å². The number of ketones is 1. The van der Waals surface area contributed by atoms with Crippen LogP contribution in [0.2, 0.25) is 0 Å². The molecule has 0 aromatic carbocycles. The monoisotopic (exact) mass is 198 g/mol. The SMILES string of the molecule is CC(=O)C1(N)CCN(C(C)(C)C)CC1. The zero-order chi connectivity index (χ0) is 11.0. The number of hydrogen-bond donors (Lipinski definition) is 1. The van der Waals surface area contributed by atoms with Crippen molar-refractivity contribution in [2.45, 2.75) is 51.6 Å². The van der Waals surface area contributed by atoms with Gasteiger partial charge in [0.05, 0.1) is 5.54 Å². The molecule has 1 rings (SSSR count). The Kier molecular flexibility index (Phi) is 3.02. The summed E-state index contributed by atoms with van der Waals surface area (Å²) in [6.45, 7) is 10.1. The van der Waals surface area contributed by atoms with E-state index in [0.29, 0.717) is 0 Å². The molecular formula is C11H22N2O. The van der Waals surface area contributed by atoms with E-state index >= 15 is 0 Å². The van der Waals surface area contributed by atoms with Crippen LogP contribution >= 0.6 is 0 Å². The van der Waals surface area contributed by atoms with Crippen molar-refractivity contribution in [2.24, 2.45) is 5.73 Å². The number of Topliss-reactive ketones (excluding diaryl/α,β-unsaturated/α-hetero) is 1. The lowest BCUT2D eigenvalue weighted by Gasteiger charge is -2.44. The van der Waals surface area contributed by atoms with Gasteiger partial charge in [0, 0.05) is 18.6 Å². The molecule has 1 saturated heterocycles. The van der Waals surface area contributed by atoms with Crippen LogP contribution in [0.1, 0.15) is 40.5 Å². The Morgan fingerprint density at radius 1 is 1.29 bits per heavy atom. The molecule has 0 aromatic heterocycles. The molecule has 0 aromatic rings. The van der Waals surface area contributed by atoms with Gasteiger partial charge in [0.25, 0.3) is 0 Å². The molecule has 1 aliphatic rings. The van der Waals surface area contributed by atoms with Crippen molar-refractivity contribution in [3.05, 3.63) is 0 Å². The van der Waals surface area contributed by atoms with Gasteiger partial charge in [0.15, 0.2) is 0 Å². The van der Waals surface area contributed by atoms with Gasteiger partial charge in [-0.3, -0.25) is 9.69 Å². The molecule has 3 nitrogen and oxygen atoms in total. The third kappa shape index (κ3) is 2.34. The number of nitrogens with zero attached hydrogens (tertiary/aromatic N) is 1. The predicted octanol–water partition coefficient (Wildman–Crippen LogP) is 1.17. The Balaban J connectivity index is 2.59. The summed E-state index contributed by atoms with van der Waals surface area (Å²) in [5, 5.41) is 0. The van der Waals surface area contributed by atoms with Gasteiger partial charge in [-0.25, -0.2) is 0 Å². The van der Waals surface area contributed by atoms with E-state index in [-0.39, 0.29) is 11.3 Å². The molecule has 0 spiro atoms. The van der Waals surface area contributed by atoms with Gasteiger partial charge in [0.2, 0.25) is 0 Å². The molecule has 1 fully saturated rings. The number of likely N-dealkylation sites (tertiary alicyclic amines) is 1. The van der Waals surface area contributed by atoms with Gasteiger partial charge >= 0.3 is 0 Å². The van der Waals surface area contributed by atoms with Gasteiger partial charge in [-0.05, 0) is 40.5 Å². The maximum atomic E-state index is 11.3. The molecule has 0 bridgehead atoms. The maximum absolute atomic E-state index is 11.3. The lowest BCUT2D eigenvalue weighted by Crippen LogP contribution is -2.58. The highest BCUT2D eigenvalue weighted by Gasteiger charge is 2.37. The predicted molar refractivity (Wildman–Crippen MR) is 58.2 cm³/mol. The lowest BCUT2D eigenvalue weighted by molar-refractivity contribution is -0.124. The standard InChI is InChI=1S/C11H22N2O/c1-9(14)11(12)5-7-13(8-6-11)10(2,3)4/h5-8,12H2,1-4H3. The Hall–Kier alpha value is -0.410. The maximum Gasteiger partial charge on any atom is 0.149 e. The molecule has 0 atom stereocenters. The number of carbonyl (C=O) groups excluding carboxylic acids is 1. The van der Waals surface area contributed by atoms with Gasteiger partial charge in [0.1, 0.15) is 5.78 Å². The van der Waals surface area contributed by atoms with Crippen LogP contribution in [0.25, 0.3) is 0 Å². The number of piperidine rings is 1. The van der Waals surface area contributed by atoms with Crippen molar-refractivity contribution >= 4 is 5.78 Å². The average molecular weight is 198 g/mol. The van der Waals surface area contributed by atoms with E-state index in [9.17, 15) is 4.79 Å². The zero-order valence-corrected chi connectivity index (χ0v) is 9.76. The number of carbonyl (C=O) groups is 1. The van der Waals surface area contributed by atoms with Crippen molar-refractivity contribution in [1.82, 2.24) is 4.90 Å². The Labute approximate surface area is 86.6 Å². The van der Waals surface area contributed by atoms with Crippen molar-refractivity contribution in [2.75, 3.05) is 13.1 Å². The van der Waals surface area contributed by atoms with Gasteiger partial charge in [-0.1, -0.05) is 0 Å². The quantitative estimate of drug-likeness (QED) is 0.688. The molecule has 1 heterocycles. The van der Waals surface area contributed by atoms with Crippen molar-refractivity contribution in [1.29, 1.82) is 0 Å². The van der Waals surface area contributed by atoms with Crippen molar-refractivity contribution in [3.8, 4) is 0 Å². The summed E-state index contributed by atoms with van der Waals surface area (Å²) in [7, 11) is 0. The minimum Gasteiger partial charge on any atom is -0.319 e. The summed E-state index contributed by atoms with van der Waals surface area (Å²) in [6, 6.07) is 0. The third-order valence-electron chi connectivity index (χ3n) is 3.31. The van der Waals surface area contributed by atoms with E-state index in [0.717, 1.165) is 25.9 Å². The molecule has 3 heteroatoms. The molecular weight excluding hydrogens is 176 g/mol. The molecule has 82 valence electrons. The highest BCUT2D eigenvalue weighted by Crippen LogP contribution is 2.25. The number of hydrogen-bond acceptors (Lipinski definition) is 3. The van der Waals surface area contributed by atoms with Crippen LogP contribution in [-0.2, 0) is 4.79 Å². The van der Waals surface area contributed by atoms with Crippen LogP contribution in [0.5, 0.6) is 0 Å². The topological polar surface area (TPSA) is 46.3 Å². The minimum atomic E-state index is -0.554. The molecule has 0 unspecified atom stereocenters. The summed E-state index contributed by atoms with van der Waals surface area (Å²) in [5.74, 6) is 0.131. The Morgan fingerprint density at radius 3 is 2.00 bits per heavy atom. The summed E-state index contributed by atoms with van der Waals surface area (Å²) in [5.41, 5.74) is 5.67. The van der Waals surface area contributed by atoms with Crippen LogP contribution < -0.4 is 5.73 Å². The largest absolute Gasteiger partial charge is 0.319 e. The second kappa shape index (κ2) is 3.63. The van der Waals surface area contributed by atoms with Crippen molar-refractivity contribution < 1.29 is 4.79 Å². The van der Waals surface area contributed by atoms with Crippen LogP contribution in [0.3, 0.4) is 0 Å². The van der Waals surface area contributed by atoms with Crippen LogP contribution in [0.15, 0.2) is 0 Å². The fraction of sp³-hybridized carbons (Fsp3) is 0.909. The summed E-state index contributed by atoms with van der Waals surface area (Å²) >= 11 is 0. The smallest absolute Gasteiger partial charge is 0.149 e. The van der Waals surface area contributed by atoms with Gasteiger partial charge < -0.3 is 5.73 Å². The molecule has 0 aliphatic carbocycles. The first kappa shape index (κ1) is 11.7. The Morgan fingerprint density at radius 2 is 1.71 bits per heavy atom. The summed E-state index contributed by atoms with van der Waals surface area (Å²) < 4.78 is 0. The van der Waals surface area contributed by atoms with Crippen LogP contribution in [-0.4, -0.2) is 34.9 Å². The van der Waals surface area contributed by atoms with Crippen molar-refractivity contribution in [3.63, 3.8) is 0 Å². The lowest BCUT2D eigenvalue weighted by atomic mass is 9.84. The van der Waals surface area contributed by atoms with E-state index in [4.69, 9.17) is 5.73 Å². The van der Waals surface area contributed by atoms with E-state index in [1.165, 1.54) is 0 Å². The summed E-state index contributed by atoms with van der Waals surface area (Å²) in [6.07, 6.45) is 1.58. The summed E-state index contributed by atoms with van der Waals surface area (Å²) in [4.78, 5) is 13.7. The molecule has 14 heavy (non-hydrogen) atoms. The second-order valence-electron chi connectivity index (χ2n) is 5.37. The number of rotatable bonds is 1. The normalized spacial score (nSPS) is 23.5. The average Bonchev–Trinajstić information content (AvgIpc) is 2.03. The number of nitrogens with two attached hydrogens (primary N) is 1. The van der Waals surface area contributed by atoms with Crippen LogP contribution in [0, 0.1) is 0 Å².